The number of nitrogens with two attached hydrogens (primary N) is 1. The number of carbonyl (C=O) groups is 2. The topological polar surface area (TPSA) is 72.2 Å². The summed E-state index contributed by atoms with van der Waals surface area (Å²) >= 11 is 0. The molecule has 0 heterocycles. The molecule has 0 radical (unpaired) electrons. The summed E-state index contributed by atoms with van der Waals surface area (Å²) in [7, 11) is 0. The first kappa shape index (κ1) is 11.9. The van der Waals surface area contributed by atoms with Gasteiger partial charge in [0, 0.05) is 6.42 Å². The molecule has 0 fully saturated rings. The van der Waals surface area contributed by atoms with Crippen LogP contribution in [-0.4, -0.2) is 11.9 Å². The Balaban J connectivity index is 3.42. The van der Waals surface area contributed by atoms with E-state index >= 15 is 0 Å². The summed E-state index contributed by atoms with van der Waals surface area (Å²) in [4.78, 5) is 21.2. The minimum Gasteiger partial charge on any atom is -0.351 e. The van der Waals surface area contributed by atoms with E-state index in [1.54, 1.807) is 0 Å². The van der Waals surface area contributed by atoms with E-state index in [9.17, 15) is 9.59 Å². The predicted octanol–water partition coefficient (Wildman–Crippen LogP) is 1.40. The van der Waals surface area contributed by atoms with Gasteiger partial charge in [-0.2, -0.15) is 0 Å². The second kappa shape index (κ2) is 6.46. The summed E-state index contributed by atoms with van der Waals surface area (Å²) in [5, 5.41) is 2.03. The van der Waals surface area contributed by atoms with Crippen molar-refractivity contribution < 1.29 is 9.59 Å². The number of nitrogens with one attached hydrogen (secondary N) is 1. The van der Waals surface area contributed by atoms with Gasteiger partial charge in [-0.05, 0) is 12.3 Å². The lowest BCUT2D eigenvalue weighted by Crippen LogP contribution is -2.34. The largest absolute Gasteiger partial charge is 0.351 e. The van der Waals surface area contributed by atoms with Gasteiger partial charge in [0.15, 0.2) is 0 Å². The van der Waals surface area contributed by atoms with Gasteiger partial charge in [0.2, 0.25) is 5.91 Å². The SMILES string of the molecule is CCC(C)CCCC(=O)NC(N)=O. The number of primary amides is 1. The molecule has 1 unspecified atom stereocenters. The standard InChI is InChI=1S/C9H18N2O2/c1-3-7(2)5-4-6-8(12)11-9(10)13/h7H,3-6H2,1-2H3,(H3,10,11,12,13). The first-order valence-corrected chi connectivity index (χ1v) is 4.65. The van der Waals surface area contributed by atoms with Crippen LogP contribution in [0.4, 0.5) is 4.79 Å². The molecule has 0 saturated heterocycles. The number of hydrogen-bond donors (Lipinski definition) is 2. The van der Waals surface area contributed by atoms with Gasteiger partial charge in [0.1, 0.15) is 0 Å². The monoisotopic (exact) mass is 186 g/mol. The van der Waals surface area contributed by atoms with E-state index < -0.39 is 6.03 Å². The molecular formula is C9H18N2O2. The molecule has 4 heteroatoms. The highest BCUT2D eigenvalue weighted by atomic mass is 16.2. The third-order valence-electron chi connectivity index (χ3n) is 2.06. The van der Waals surface area contributed by atoms with E-state index in [-0.39, 0.29) is 5.91 Å². The first-order chi connectivity index (χ1) is 6.06. The average Bonchev–Trinajstić information content (AvgIpc) is 2.02. The lowest BCUT2D eigenvalue weighted by molar-refractivity contribution is -0.120. The Morgan fingerprint density at radius 1 is 1.46 bits per heavy atom. The minimum atomic E-state index is -0.770. The molecule has 0 spiro atoms. The lowest BCUT2D eigenvalue weighted by Gasteiger charge is -2.06. The molecule has 0 aliphatic carbocycles. The Morgan fingerprint density at radius 2 is 2.08 bits per heavy atom. The molecule has 76 valence electrons. The van der Waals surface area contributed by atoms with E-state index in [1.165, 1.54) is 0 Å². The third-order valence-corrected chi connectivity index (χ3v) is 2.06. The normalized spacial score (nSPS) is 12.2. The quantitative estimate of drug-likeness (QED) is 0.681. The van der Waals surface area contributed by atoms with Crippen molar-refractivity contribution in [3.63, 3.8) is 0 Å². The molecule has 0 saturated carbocycles. The molecule has 0 aliphatic rings. The highest BCUT2D eigenvalue weighted by molar-refractivity contribution is 5.93. The number of carbonyl (C=O) groups excluding carboxylic acids is 2. The second-order valence-corrected chi connectivity index (χ2v) is 3.32. The van der Waals surface area contributed by atoms with E-state index in [0.29, 0.717) is 12.3 Å². The van der Waals surface area contributed by atoms with Gasteiger partial charge in [-0.1, -0.05) is 26.7 Å². The van der Waals surface area contributed by atoms with Gasteiger partial charge in [-0.15, -0.1) is 0 Å². The number of hydrogen-bond acceptors (Lipinski definition) is 2. The summed E-state index contributed by atoms with van der Waals surface area (Å²) in [6.45, 7) is 4.26. The summed E-state index contributed by atoms with van der Waals surface area (Å²) in [5.41, 5.74) is 4.78. The maximum absolute atomic E-state index is 10.9. The zero-order valence-electron chi connectivity index (χ0n) is 8.30. The molecule has 0 rings (SSSR count). The molecule has 4 nitrogen and oxygen atoms in total. The van der Waals surface area contributed by atoms with Crippen LogP contribution >= 0.6 is 0 Å². The van der Waals surface area contributed by atoms with Crippen LogP contribution in [0.25, 0.3) is 0 Å². The Hall–Kier alpha value is -1.06. The molecule has 0 aromatic carbocycles. The molecule has 3 N–H and O–H groups in total. The van der Waals surface area contributed by atoms with Crippen LogP contribution in [0.1, 0.15) is 39.5 Å². The summed E-state index contributed by atoms with van der Waals surface area (Å²) < 4.78 is 0. The molecule has 13 heavy (non-hydrogen) atoms. The van der Waals surface area contributed by atoms with Gasteiger partial charge in [0.25, 0.3) is 0 Å². The average molecular weight is 186 g/mol. The fourth-order valence-electron chi connectivity index (χ4n) is 1.02. The maximum Gasteiger partial charge on any atom is 0.318 e. The van der Waals surface area contributed by atoms with Crippen molar-refractivity contribution in [1.82, 2.24) is 5.32 Å². The fraction of sp³-hybridized carbons (Fsp3) is 0.778. The van der Waals surface area contributed by atoms with Crippen molar-refractivity contribution >= 4 is 11.9 Å². The second-order valence-electron chi connectivity index (χ2n) is 3.32. The Kier molecular flexibility index (Phi) is 5.93. The van der Waals surface area contributed by atoms with Crippen LogP contribution < -0.4 is 11.1 Å². The summed E-state index contributed by atoms with van der Waals surface area (Å²) in [5.74, 6) is 0.359. The van der Waals surface area contributed by atoms with Crippen LogP contribution in [0.15, 0.2) is 0 Å². The summed E-state index contributed by atoms with van der Waals surface area (Å²) in [6, 6.07) is -0.770. The Bertz CT molecular complexity index is 180. The van der Waals surface area contributed by atoms with Crippen LogP contribution in [0.5, 0.6) is 0 Å². The number of rotatable bonds is 5. The van der Waals surface area contributed by atoms with Gasteiger partial charge in [-0.3, -0.25) is 10.1 Å². The van der Waals surface area contributed by atoms with Gasteiger partial charge >= 0.3 is 6.03 Å². The predicted molar refractivity (Wildman–Crippen MR) is 51.0 cm³/mol. The Morgan fingerprint density at radius 3 is 2.54 bits per heavy atom. The van der Waals surface area contributed by atoms with Crippen molar-refractivity contribution in [2.75, 3.05) is 0 Å². The van der Waals surface area contributed by atoms with Crippen molar-refractivity contribution in [3.8, 4) is 0 Å². The van der Waals surface area contributed by atoms with E-state index in [4.69, 9.17) is 5.73 Å². The highest BCUT2D eigenvalue weighted by Gasteiger charge is 2.05. The molecular weight excluding hydrogens is 168 g/mol. The van der Waals surface area contributed by atoms with Crippen LogP contribution in [-0.2, 0) is 4.79 Å². The number of urea groups is 1. The zero-order valence-corrected chi connectivity index (χ0v) is 8.30. The van der Waals surface area contributed by atoms with Gasteiger partial charge in [-0.25, -0.2) is 4.79 Å². The molecule has 0 aromatic rings. The van der Waals surface area contributed by atoms with Gasteiger partial charge in [0.05, 0.1) is 0 Å². The fourth-order valence-corrected chi connectivity index (χ4v) is 1.02. The van der Waals surface area contributed by atoms with Crippen molar-refractivity contribution in [2.45, 2.75) is 39.5 Å². The summed E-state index contributed by atoms with van der Waals surface area (Å²) in [6.07, 6.45) is 3.33. The molecule has 1 atom stereocenters. The smallest absolute Gasteiger partial charge is 0.318 e. The number of amides is 3. The van der Waals surface area contributed by atoms with Crippen LogP contribution in [0.2, 0.25) is 0 Å². The molecule has 0 aliphatic heterocycles. The molecule has 3 amide bonds. The molecule has 0 aromatic heterocycles. The van der Waals surface area contributed by atoms with Crippen LogP contribution in [0, 0.1) is 5.92 Å². The van der Waals surface area contributed by atoms with E-state index in [2.05, 4.69) is 13.8 Å². The van der Waals surface area contributed by atoms with E-state index in [0.717, 1.165) is 19.3 Å². The zero-order chi connectivity index (χ0) is 10.3. The van der Waals surface area contributed by atoms with Crippen LogP contribution in [0.3, 0.4) is 0 Å². The van der Waals surface area contributed by atoms with Gasteiger partial charge < -0.3 is 5.73 Å². The Labute approximate surface area is 78.9 Å². The molecule has 0 bridgehead atoms. The highest BCUT2D eigenvalue weighted by Crippen LogP contribution is 2.10. The van der Waals surface area contributed by atoms with E-state index in [1.807, 2.05) is 5.32 Å². The minimum absolute atomic E-state index is 0.282. The third kappa shape index (κ3) is 7.31. The lowest BCUT2D eigenvalue weighted by atomic mass is 10.0. The van der Waals surface area contributed by atoms with Crippen molar-refractivity contribution in [2.24, 2.45) is 11.7 Å². The van der Waals surface area contributed by atoms with Crippen molar-refractivity contribution in [1.29, 1.82) is 0 Å². The number of imide groups is 1. The van der Waals surface area contributed by atoms with Crippen molar-refractivity contribution in [3.05, 3.63) is 0 Å². The maximum atomic E-state index is 10.9. The first-order valence-electron chi connectivity index (χ1n) is 4.65.